The second-order valence-corrected chi connectivity index (χ2v) is 5.18. The lowest BCUT2D eigenvalue weighted by Gasteiger charge is -2.17. The number of rotatable bonds is 6. The molecule has 1 aliphatic carbocycles. The van der Waals surface area contributed by atoms with Gasteiger partial charge in [0.15, 0.2) is 5.96 Å². The molecular formula is C15H22FN3O. The number of benzene rings is 1. The second kappa shape index (κ2) is 7.24. The van der Waals surface area contributed by atoms with E-state index in [1.165, 1.54) is 18.9 Å². The van der Waals surface area contributed by atoms with Crippen LogP contribution in [0.1, 0.15) is 25.3 Å². The molecule has 1 aromatic carbocycles. The molecule has 0 heterocycles. The highest BCUT2D eigenvalue weighted by atomic mass is 19.1. The normalized spacial score (nSPS) is 16.9. The zero-order valence-electron chi connectivity index (χ0n) is 12.0. The summed E-state index contributed by atoms with van der Waals surface area (Å²) in [5.41, 5.74) is 0.601. The van der Waals surface area contributed by atoms with Gasteiger partial charge in [0.1, 0.15) is 5.82 Å². The van der Waals surface area contributed by atoms with E-state index >= 15 is 0 Å². The first-order valence-corrected chi connectivity index (χ1v) is 6.99. The minimum absolute atomic E-state index is 0.158. The quantitative estimate of drug-likeness (QED) is 0.619. The van der Waals surface area contributed by atoms with Gasteiger partial charge < -0.3 is 15.4 Å². The van der Waals surface area contributed by atoms with E-state index in [4.69, 9.17) is 4.74 Å². The standard InChI is InChI=1S/C15H22FN3O/c1-11(10-20-2)18-15(19-13-7-8-13)17-9-12-5-3-4-6-14(12)16/h3-6,11,13H,7-10H2,1-2H3,(H2,17,18,19). The number of nitrogens with one attached hydrogen (secondary N) is 2. The molecule has 0 saturated heterocycles. The van der Waals surface area contributed by atoms with E-state index in [1.54, 1.807) is 19.2 Å². The average Bonchev–Trinajstić information content (AvgIpc) is 3.22. The summed E-state index contributed by atoms with van der Waals surface area (Å²) in [7, 11) is 1.67. The lowest BCUT2D eigenvalue weighted by Crippen LogP contribution is -2.44. The maximum absolute atomic E-state index is 13.6. The van der Waals surface area contributed by atoms with Crippen molar-refractivity contribution in [2.24, 2.45) is 4.99 Å². The minimum atomic E-state index is -0.216. The van der Waals surface area contributed by atoms with E-state index in [0.717, 1.165) is 5.96 Å². The van der Waals surface area contributed by atoms with Crippen LogP contribution in [-0.4, -0.2) is 31.8 Å². The van der Waals surface area contributed by atoms with E-state index in [2.05, 4.69) is 15.6 Å². The van der Waals surface area contributed by atoms with Gasteiger partial charge in [-0.3, -0.25) is 0 Å². The molecule has 0 aliphatic heterocycles. The maximum atomic E-state index is 13.6. The summed E-state index contributed by atoms with van der Waals surface area (Å²) in [5, 5.41) is 6.60. The van der Waals surface area contributed by atoms with Crippen molar-refractivity contribution in [3.05, 3.63) is 35.6 Å². The molecule has 1 saturated carbocycles. The molecule has 1 fully saturated rings. The first kappa shape index (κ1) is 14.8. The molecule has 110 valence electrons. The Labute approximate surface area is 119 Å². The summed E-state index contributed by atoms with van der Waals surface area (Å²) in [6, 6.07) is 7.38. The minimum Gasteiger partial charge on any atom is -0.383 e. The molecule has 1 aliphatic rings. The third-order valence-corrected chi connectivity index (χ3v) is 3.08. The Morgan fingerprint density at radius 1 is 1.45 bits per heavy atom. The van der Waals surface area contributed by atoms with Crippen LogP contribution in [-0.2, 0) is 11.3 Å². The number of methoxy groups -OCH3 is 1. The number of hydrogen-bond donors (Lipinski definition) is 2. The SMILES string of the molecule is COCC(C)NC(=NCc1ccccc1F)NC1CC1. The van der Waals surface area contributed by atoms with Gasteiger partial charge in [0.2, 0.25) is 0 Å². The number of hydrogen-bond acceptors (Lipinski definition) is 2. The molecule has 0 spiro atoms. The number of ether oxygens (including phenoxy) is 1. The third-order valence-electron chi connectivity index (χ3n) is 3.08. The van der Waals surface area contributed by atoms with Crippen LogP contribution < -0.4 is 10.6 Å². The molecule has 1 unspecified atom stereocenters. The van der Waals surface area contributed by atoms with E-state index < -0.39 is 0 Å². The Morgan fingerprint density at radius 3 is 2.85 bits per heavy atom. The second-order valence-electron chi connectivity index (χ2n) is 5.18. The van der Waals surface area contributed by atoms with Gasteiger partial charge in [0.05, 0.1) is 13.2 Å². The molecule has 0 amide bonds. The van der Waals surface area contributed by atoms with E-state index in [0.29, 0.717) is 24.8 Å². The Kier molecular flexibility index (Phi) is 5.35. The molecule has 0 bridgehead atoms. The Balaban J connectivity index is 1.97. The number of guanidine groups is 1. The van der Waals surface area contributed by atoms with Crippen LogP contribution >= 0.6 is 0 Å². The zero-order chi connectivity index (χ0) is 14.4. The van der Waals surface area contributed by atoms with Crippen LogP contribution in [0.15, 0.2) is 29.3 Å². The first-order chi connectivity index (χ1) is 9.69. The van der Waals surface area contributed by atoms with Crippen LogP contribution in [0.5, 0.6) is 0 Å². The topological polar surface area (TPSA) is 45.6 Å². The van der Waals surface area contributed by atoms with Gasteiger partial charge in [-0.15, -0.1) is 0 Å². The first-order valence-electron chi connectivity index (χ1n) is 6.99. The summed E-state index contributed by atoms with van der Waals surface area (Å²) < 4.78 is 18.7. The molecule has 0 aromatic heterocycles. The molecule has 1 atom stereocenters. The lowest BCUT2D eigenvalue weighted by atomic mass is 10.2. The van der Waals surface area contributed by atoms with Crippen LogP contribution in [0.4, 0.5) is 4.39 Å². The van der Waals surface area contributed by atoms with Crippen molar-refractivity contribution in [1.82, 2.24) is 10.6 Å². The maximum Gasteiger partial charge on any atom is 0.192 e. The summed E-state index contributed by atoms with van der Waals surface area (Å²) in [4.78, 5) is 4.46. The highest BCUT2D eigenvalue weighted by Crippen LogP contribution is 2.18. The van der Waals surface area contributed by atoms with Crippen LogP contribution in [0.2, 0.25) is 0 Å². The summed E-state index contributed by atoms with van der Waals surface area (Å²) >= 11 is 0. The van der Waals surface area contributed by atoms with Gasteiger partial charge in [0, 0.05) is 24.8 Å². The van der Waals surface area contributed by atoms with Crippen molar-refractivity contribution in [3.8, 4) is 0 Å². The van der Waals surface area contributed by atoms with Gasteiger partial charge in [0.25, 0.3) is 0 Å². The predicted octanol–water partition coefficient (Wildman–Crippen LogP) is 2.06. The highest BCUT2D eigenvalue weighted by Gasteiger charge is 2.22. The number of nitrogens with zero attached hydrogens (tertiary/aromatic N) is 1. The largest absolute Gasteiger partial charge is 0.383 e. The van der Waals surface area contributed by atoms with Gasteiger partial charge in [-0.05, 0) is 25.8 Å². The Morgan fingerprint density at radius 2 is 2.20 bits per heavy atom. The summed E-state index contributed by atoms with van der Waals surface area (Å²) in [6.07, 6.45) is 2.33. The lowest BCUT2D eigenvalue weighted by molar-refractivity contribution is 0.179. The predicted molar refractivity (Wildman–Crippen MR) is 78.2 cm³/mol. The molecular weight excluding hydrogens is 257 g/mol. The van der Waals surface area contributed by atoms with Crippen LogP contribution in [0.3, 0.4) is 0 Å². The Hall–Kier alpha value is -1.62. The van der Waals surface area contributed by atoms with Gasteiger partial charge >= 0.3 is 0 Å². The van der Waals surface area contributed by atoms with Crippen molar-refractivity contribution in [3.63, 3.8) is 0 Å². The summed E-state index contributed by atoms with van der Waals surface area (Å²) in [6.45, 7) is 2.95. The van der Waals surface area contributed by atoms with Gasteiger partial charge in [-0.1, -0.05) is 18.2 Å². The zero-order valence-corrected chi connectivity index (χ0v) is 12.0. The fraction of sp³-hybridized carbons (Fsp3) is 0.533. The van der Waals surface area contributed by atoms with Crippen LogP contribution in [0.25, 0.3) is 0 Å². The summed E-state index contributed by atoms with van der Waals surface area (Å²) in [5.74, 6) is 0.507. The van der Waals surface area contributed by atoms with Gasteiger partial charge in [-0.2, -0.15) is 0 Å². The molecule has 5 heteroatoms. The molecule has 4 nitrogen and oxygen atoms in total. The fourth-order valence-electron chi connectivity index (χ4n) is 1.87. The van der Waals surface area contributed by atoms with Crippen molar-refractivity contribution >= 4 is 5.96 Å². The van der Waals surface area contributed by atoms with Crippen LogP contribution in [0, 0.1) is 5.82 Å². The van der Waals surface area contributed by atoms with Crippen molar-refractivity contribution in [2.75, 3.05) is 13.7 Å². The Bertz CT molecular complexity index is 460. The fourth-order valence-corrected chi connectivity index (χ4v) is 1.87. The smallest absolute Gasteiger partial charge is 0.192 e. The van der Waals surface area contributed by atoms with E-state index in [9.17, 15) is 4.39 Å². The van der Waals surface area contributed by atoms with Gasteiger partial charge in [-0.25, -0.2) is 9.38 Å². The number of halogens is 1. The molecule has 2 N–H and O–H groups in total. The molecule has 0 radical (unpaired) electrons. The van der Waals surface area contributed by atoms with Crippen molar-refractivity contribution in [2.45, 2.75) is 38.4 Å². The average molecular weight is 279 g/mol. The molecule has 1 aromatic rings. The van der Waals surface area contributed by atoms with Crippen molar-refractivity contribution in [1.29, 1.82) is 0 Å². The molecule has 2 rings (SSSR count). The molecule has 20 heavy (non-hydrogen) atoms. The highest BCUT2D eigenvalue weighted by molar-refractivity contribution is 5.80. The van der Waals surface area contributed by atoms with Crippen molar-refractivity contribution < 1.29 is 9.13 Å². The van der Waals surface area contributed by atoms with E-state index in [-0.39, 0.29) is 11.9 Å². The third kappa shape index (κ3) is 4.81. The monoisotopic (exact) mass is 279 g/mol. The van der Waals surface area contributed by atoms with E-state index in [1.807, 2.05) is 13.0 Å². The number of aliphatic imine (C=N–C) groups is 1.